The Kier molecular flexibility index (Phi) is 11.5. The average molecular weight is 580 g/mol. The van der Waals surface area contributed by atoms with Crippen molar-refractivity contribution in [2.45, 2.75) is 19.1 Å². The van der Waals surface area contributed by atoms with Gasteiger partial charge in [-0.1, -0.05) is 42.5 Å². The van der Waals surface area contributed by atoms with Gasteiger partial charge >= 0.3 is 6.18 Å². The Morgan fingerprint density at radius 2 is 1.67 bits per heavy atom. The van der Waals surface area contributed by atoms with Gasteiger partial charge in [0, 0.05) is 30.4 Å². The zero-order valence-electron chi connectivity index (χ0n) is 21.6. The largest absolute Gasteiger partial charge is 0.416 e. The van der Waals surface area contributed by atoms with E-state index in [0.717, 1.165) is 24.2 Å². The van der Waals surface area contributed by atoms with Crippen LogP contribution in [0.1, 0.15) is 24.1 Å². The number of halogens is 5. The number of hydrogen-bond acceptors (Lipinski definition) is 7. The van der Waals surface area contributed by atoms with Crippen LogP contribution in [0.5, 0.6) is 0 Å². The molecule has 0 spiro atoms. The highest BCUT2D eigenvalue weighted by Crippen LogP contribution is 2.35. The first-order valence-electron chi connectivity index (χ1n) is 11.8. The molecule has 0 aliphatic carbocycles. The van der Waals surface area contributed by atoms with Gasteiger partial charge in [0.1, 0.15) is 11.5 Å². The highest BCUT2D eigenvalue weighted by Gasteiger charge is 2.31. The van der Waals surface area contributed by atoms with Crippen LogP contribution in [-0.4, -0.2) is 52.3 Å². The second-order valence-corrected chi connectivity index (χ2v) is 8.84. The monoisotopic (exact) mass is 579 g/mol. The number of nitrogens with zero attached hydrogens (tertiary/aromatic N) is 5. The van der Waals surface area contributed by atoms with E-state index in [1.165, 1.54) is 6.07 Å². The first-order valence-corrected chi connectivity index (χ1v) is 11.8. The number of rotatable bonds is 9. The fourth-order valence-electron chi connectivity index (χ4n) is 3.73. The Hall–Kier alpha value is -3.47. The second kappa shape index (κ2) is 14.1. The van der Waals surface area contributed by atoms with Crippen molar-refractivity contribution < 1.29 is 13.2 Å². The average Bonchev–Trinajstić information content (AvgIpc) is 2.89. The van der Waals surface area contributed by atoms with Crippen LogP contribution in [0.15, 0.2) is 72.9 Å². The van der Waals surface area contributed by atoms with E-state index < -0.39 is 11.7 Å². The lowest BCUT2D eigenvalue weighted by molar-refractivity contribution is -0.137. The molecule has 0 aliphatic heterocycles. The Labute approximate surface area is 238 Å². The fraction of sp³-hybridized carbons (Fsp3) is 0.259. The van der Waals surface area contributed by atoms with Crippen molar-refractivity contribution >= 4 is 36.6 Å². The summed E-state index contributed by atoms with van der Waals surface area (Å²) < 4.78 is 40.2. The zero-order valence-corrected chi connectivity index (χ0v) is 23.2. The summed E-state index contributed by atoms with van der Waals surface area (Å²) in [6, 6.07) is 18.3. The van der Waals surface area contributed by atoms with Gasteiger partial charge in [-0.25, -0.2) is 9.97 Å². The van der Waals surface area contributed by atoms with Gasteiger partial charge in [0.05, 0.1) is 17.3 Å². The van der Waals surface area contributed by atoms with Gasteiger partial charge in [-0.3, -0.25) is 0 Å². The molecule has 0 bridgehead atoms. The number of likely N-dealkylation sites (N-methyl/N-ethyl adjacent to an activating group) is 1. The minimum atomic E-state index is -4.48. The van der Waals surface area contributed by atoms with Crippen LogP contribution in [-0.2, 0) is 6.18 Å². The van der Waals surface area contributed by atoms with Crippen molar-refractivity contribution in [2.75, 3.05) is 37.8 Å². The predicted octanol–water partition coefficient (Wildman–Crippen LogP) is 6.61. The molecule has 0 aliphatic rings. The maximum Gasteiger partial charge on any atom is 0.416 e. The quantitative estimate of drug-likeness (QED) is 0.231. The summed E-state index contributed by atoms with van der Waals surface area (Å²) in [7, 11) is 3.92. The lowest BCUT2D eigenvalue weighted by Crippen LogP contribution is -2.21. The molecule has 12 heteroatoms. The van der Waals surface area contributed by atoms with Gasteiger partial charge in [0.2, 0.25) is 5.95 Å². The first kappa shape index (κ1) is 31.7. The topological polar surface area (TPSA) is 78.9 Å². The summed E-state index contributed by atoms with van der Waals surface area (Å²) in [6.45, 7) is 3.39. The van der Waals surface area contributed by atoms with E-state index in [1.54, 1.807) is 24.4 Å². The van der Waals surface area contributed by atoms with Crippen LogP contribution >= 0.6 is 24.8 Å². The molecular formula is C27H30Cl2F3N7. The summed E-state index contributed by atoms with van der Waals surface area (Å²) >= 11 is 0. The minimum absolute atomic E-state index is 0. The fourth-order valence-corrected chi connectivity index (χ4v) is 3.73. The summed E-state index contributed by atoms with van der Waals surface area (Å²) in [5.74, 6) is 0.890. The van der Waals surface area contributed by atoms with E-state index in [-0.39, 0.29) is 30.9 Å². The van der Waals surface area contributed by atoms with Gasteiger partial charge in [-0.05, 0) is 50.8 Å². The lowest BCUT2D eigenvalue weighted by atomic mass is 10.0. The van der Waals surface area contributed by atoms with Crippen LogP contribution < -0.4 is 10.6 Å². The molecule has 0 amide bonds. The highest BCUT2D eigenvalue weighted by molar-refractivity contribution is 5.85. The van der Waals surface area contributed by atoms with Crippen molar-refractivity contribution in [3.05, 3.63) is 84.1 Å². The van der Waals surface area contributed by atoms with Crippen LogP contribution in [0.2, 0.25) is 0 Å². The van der Waals surface area contributed by atoms with Gasteiger partial charge < -0.3 is 15.5 Å². The number of anilines is 2. The van der Waals surface area contributed by atoms with Crippen molar-refractivity contribution in [3.63, 3.8) is 0 Å². The Morgan fingerprint density at radius 1 is 0.923 bits per heavy atom. The van der Waals surface area contributed by atoms with Crippen molar-refractivity contribution in [1.82, 2.24) is 25.1 Å². The Morgan fingerprint density at radius 3 is 2.36 bits per heavy atom. The molecule has 2 aromatic heterocycles. The number of nitrogens with one attached hydrogen (secondary N) is 2. The summed E-state index contributed by atoms with van der Waals surface area (Å²) in [4.78, 5) is 11.0. The van der Waals surface area contributed by atoms with E-state index in [9.17, 15) is 13.2 Å². The number of aromatic nitrogens is 4. The molecule has 208 valence electrons. The summed E-state index contributed by atoms with van der Waals surface area (Å²) in [6.07, 6.45) is -2.87. The molecule has 4 rings (SSSR count). The molecule has 2 N–H and O–H groups in total. The van der Waals surface area contributed by atoms with E-state index in [1.807, 2.05) is 56.3 Å². The Bertz CT molecular complexity index is 1340. The van der Waals surface area contributed by atoms with Crippen LogP contribution in [0.3, 0.4) is 0 Å². The molecule has 2 heterocycles. The Balaban J connectivity index is 0.00000267. The van der Waals surface area contributed by atoms with Gasteiger partial charge in [0.15, 0.2) is 0 Å². The van der Waals surface area contributed by atoms with E-state index in [0.29, 0.717) is 40.8 Å². The molecule has 0 unspecified atom stereocenters. The van der Waals surface area contributed by atoms with Gasteiger partial charge in [0.25, 0.3) is 0 Å². The number of benzene rings is 2. The van der Waals surface area contributed by atoms with Crippen molar-refractivity contribution in [3.8, 4) is 22.5 Å². The number of alkyl halides is 3. The summed E-state index contributed by atoms with van der Waals surface area (Å²) in [5.41, 5.74) is 1.95. The normalized spacial score (nSPS) is 11.8. The first-order chi connectivity index (χ1) is 17.7. The lowest BCUT2D eigenvalue weighted by Gasteiger charge is -2.16. The number of hydrogen-bond donors (Lipinski definition) is 2. The van der Waals surface area contributed by atoms with Gasteiger partial charge in [-0.15, -0.1) is 35.0 Å². The maximum absolute atomic E-state index is 13.4. The van der Waals surface area contributed by atoms with E-state index >= 15 is 0 Å². The predicted molar refractivity (Wildman–Crippen MR) is 154 cm³/mol. The third-order valence-electron chi connectivity index (χ3n) is 5.70. The SMILES string of the molecule is C[C@H](Nc1nccc(-c2cc(NCCN(C)C)nnc2-c2cccc(C(F)(F)F)c2)n1)c1ccccc1.Cl.Cl. The molecule has 0 fully saturated rings. The zero-order chi connectivity index (χ0) is 26.4. The van der Waals surface area contributed by atoms with Crippen molar-refractivity contribution in [2.24, 2.45) is 0 Å². The molecule has 1 atom stereocenters. The molecule has 0 saturated carbocycles. The molecule has 2 aromatic carbocycles. The highest BCUT2D eigenvalue weighted by atomic mass is 35.5. The molecule has 0 saturated heterocycles. The van der Waals surface area contributed by atoms with Crippen LogP contribution in [0.25, 0.3) is 22.5 Å². The molecule has 7 nitrogen and oxygen atoms in total. The second-order valence-electron chi connectivity index (χ2n) is 8.84. The standard InChI is InChI=1S/C27H28F3N7.2ClH/c1-18(19-8-5-4-6-9-19)33-26-32-13-12-23(34-26)22-17-24(31-14-15-37(2)3)35-36-25(22)20-10-7-11-21(16-20)27(28,29)30;;/h4-13,16-18H,14-15H2,1-3H3,(H,31,35)(H,32,33,34);2*1H/t18-;;/m0../s1. The molecule has 0 radical (unpaired) electrons. The smallest absolute Gasteiger partial charge is 0.367 e. The third kappa shape index (κ3) is 8.51. The van der Waals surface area contributed by atoms with Crippen LogP contribution in [0, 0.1) is 0 Å². The van der Waals surface area contributed by atoms with E-state index in [2.05, 4.69) is 30.8 Å². The van der Waals surface area contributed by atoms with Gasteiger partial charge in [-0.2, -0.15) is 13.2 Å². The molecule has 39 heavy (non-hydrogen) atoms. The third-order valence-corrected chi connectivity index (χ3v) is 5.70. The molecule has 4 aromatic rings. The van der Waals surface area contributed by atoms with Crippen LogP contribution in [0.4, 0.5) is 24.9 Å². The summed E-state index contributed by atoms with van der Waals surface area (Å²) in [5, 5.41) is 15.0. The van der Waals surface area contributed by atoms with E-state index in [4.69, 9.17) is 0 Å². The van der Waals surface area contributed by atoms with Crippen molar-refractivity contribution in [1.29, 1.82) is 0 Å². The minimum Gasteiger partial charge on any atom is -0.367 e. The molecular weight excluding hydrogens is 550 g/mol. The maximum atomic E-state index is 13.4.